The van der Waals surface area contributed by atoms with E-state index in [0.717, 1.165) is 11.3 Å². The lowest BCUT2D eigenvalue weighted by Crippen LogP contribution is -2.12. The van der Waals surface area contributed by atoms with Crippen LogP contribution < -0.4 is 10.1 Å². The van der Waals surface area contributed by atoms with Crippen molar-refractivity contribution in [2.24, 2.45) is 0 Å². The van der Waals surface area contributed by atoms with Crippen molar-refractivity contribution in [1.82, 2.24) is 0 Å². The van der Waals surface area contributed by atoms with Crippen molar-refractivity contribution in [2.75, 3.05) is 11.9 Å². The standard InChI is InChI=1S/C17H19NO2/c1-4-20-16-7-5-6-14(11-16)17(19)18-15-9-8-12(2)13(3)10-15/h5-11H,4H2,1-3H3,(H,18,19). The van der Waals surface area contributed by atoms with Crippen LogP contribution in [0.25, 0.3) is 0 Å². The second-order valence-electron chi connectivity index (χ2n) is 4.71. The van der Waals surface area contributed by atoms with Gasteiger partial charge in [0, 0.05) is 11.3 Å². The van der Waals surface area contributed by atoms with Crippen LogP contribution in [0.4, 0.5) is 5.69 Å². The Morgan fingerprint density at radius 1 is 1.10 bits per heavy atom. The van der Waals surface area contributed by atoms with Crippen molar-refractivity contribution in [2.45, 2.75) is 20.8 Å². The van der Waals surface area contributed by atoms with Gasteiger partial charge in [0.15, 0.2) is 0 Å². The number of nitrogens with one attached hydrogen (secondary N) is 1. The molecule has 3 nitrogen and oxygen atoms in total. The summed E-state index contributed by atoms with van der Waals surface area (Å²) in [5.41, 5.74) is 3.77. The highest BCUT2D eigenvalue weighted by molar-refractivity contribution is 6.04. The molecule has 0 aliphatic heterocycles. The summed E-state index contributed by atoms with van der Waals surface area (Å²) >= 11 is 0. The maximum atomic E-state index is 12.2. The highest BCUT2D eigenvalue weighted by Gasteiger charge is 2.07. The molecule has 2 rings (SSSR count). The molecule has 0 fully saturated rings. The van der Waals surface area contributed by atoms with Crippen molar-refractivity contribution in [3.8, 4) is 5.75 Å². The summed E-state index contributed by atoms with van der Waals surface area (Å²) in [6, 6.07) is 13.1. The molecule has 0 saturated heterocycles. The number of ether oxygens (including phenoxy) is 1. The van der Waals surface area contributed by atoms with Crippen molar-refractivity contribution in [3.05, 3.63) is 59.2 Å². The predicted octanol–water partition coefficient (Wildman–Crippen LogP) is 3.95. The number of rotatable bonds is 4. The van der Waals surface area contributed by atoms with E-state index in [-0.39, 0.29) is 5.91 Å². The maximum absolute atomic E-state index is 12.2. The summed E-state index contributed by atoms with van der Waals surface area (Å²) in [5.74, 6) is 0.579. The van der Waals surface area contributed by atoms with Gasteiger partial charge in [-0.25, -0.2) is 0 Å². The lowest BCUT2D eigenvalue weighted by atomic mass is 10.1. The summed E-state index contributed by atoms with van der Waals surface area (Å²) in [6.45, 7) is 6.58. The molecule has 0 radical (unpaired) electrons. The topological polar surface area (TPSA) is 38.3 Å². The Kier molecular flexibility index (Phi) is 4.41. The number of carbonyl (C=O) groups excluding carboxylic acids is 1. The fraction of sp³-hybridized carbons (Fsp3) is 0.235. The number of anilines is 1. The van der Waals surface area contributed by atoms with E-state index in [9.17, 15) is 4.79 Å². The molecule has 0 heterocycles. The minimum atomic E-state index is -0.130. The summed E-state index contributed by atoms with van der Waals surface area (Å²) in [5, 5.41) is 2.90. The molecule has 0 spiro atoms. The number of aryl methyl sites for hydroxylation is 2. The molecule has 0 bridgehead atoms. The summed E-state index contributed by atoms with van der Waals surface area (Å²) in [7, 11) is 0. The van der Waals surface area contributed by atoms with Crippen LogP contribution in [-0.4, -0.2) is 12.5 Å². The molecule has 0 atom stereocenters. The van der Waals surface area contributed by atoms with Crippen LogP contribution in [0.15, 0.2) is 42.5 Å². The largest absolute Gasteiger partial charge is 0.494 e. The molecule has 2 aromatic rings. The smallest absolute Gasteiger partial charge is 0.255 e. The third kappa shape index (κ3) is 3.38. The summed E-state index contributed by atoms with van der Waals surface area (Å²) < 4.78 is 5.40. The molecule has 0 aliphatic carbocycles. The maximum Gasteiger partial charge on any atom is 0.255 e. The van der Waals surface area contributed by atoms with Gasteiger partial charge in [0.25, 0.3) is 5.91 Å². The summed E-state index contributed by atoms with van der Waals surface area (Å²) in [6.07, 6.45) is 0. The van der Waals surface area contributed by atoms with E-state index in [1.165, 1.54) is 5.56 Å². The van der Waals surface area contributed by atoms with Gasteiger partial charge < -0.3 is 10.1 Å². The second-order valence-corrected chi connectivity index (χ2v) is 4.71. The van der Waals surface area contributed by atoms with Gasteiger partial charge in [-0.1, -0.05) is 12.1 Å². The van der Waals surface area contributed by atoms with Crippen molar-refractivity contribution >= 4 is 11.6 Å². The lowest BCUT2D eigenvalue weighted by molar-refractivity contribution is 0.102. The molecule has 1 N–H and O–H groups in total. The monoisotopic (exact) mass is 269 g/mol. The minimum Gasteiger partial charge on any atom is -0.494 e. The second kappa shape index (κ2) is 6.24. The zero-order chi connectivity index (χ0) is 14.5. The van der Waals surface area contributed by atoms with Crippen molar-refractivity contribution < 1.29 is 9.53 Å². The first-order valence-corrected chi connectivity index (χ1v) is 6.71. The molecular weight excluding hydrogens is 250 g/mol. The van der Waals surface area contributed by atoms with E-state index in [2.05, 4.69) is 5.32 Å². The van der Waals surface area contributed by atoms with Crippen LogP contribution in [0.2, 0.25) is 0 Å². The van der Waals surface area contributed by atoms with E-state index >= 15 is 0 Å². The fourth-order valence-corrected chi connectivity index (χ4v) is 1.92. The molecule has 20 heavy (non-hydrogen) atoms. The Bertz CT molecular complexity index is 620. The molecular formula is C17H19NO2. The van der Waals surface area contributed by atoms with E-state index in [0.29, 0.717) is 17.9 Å². The van der Waals surface area contributed by atoms with Gasteiger partial charge in [0.2, 0.25) is 0 Å². The zero-order valence-electron chi connectivity index (χ0n) is 12.1. The molecule has 104 valence electrons. The average Bonchev–Trinajstić information content (AvgIpc) is 2.43. The fourth-order valence-electron chi connectivity index (χ4n) is 1.92. The number of carbonyl (C=O) groups is 1. The van der Waals surface area contributed by atoms with E-state index in [1.54, 1.807) is 12.1 Å². The third-order valence-electron chi connectivity index (χ3n) is 3.17. The van der Waals surface area contributed by atoms with E-state index < -0.39 is 0 Å². The number of hydrogen-bond acceptors (Lipinski definition) is 2. The Hall–Kier alpha value is -2.29. The molecule has 0 aliphatic rings. The third-order valence-corrected chi connectivity index (χ3v) is 3.17. The molecule has 3 heteroatoms. The Balaban J connectivity index is 2.15. The van der Waals surface area contributed by atoms with Crippen LogP contribution in [0.5, 0.6) is 5.75 Å². The van der Waals surface area contributed by atoms with Gasteiger partial charge >= 0.3 is 0 Å². The van der Waals surface area contributed by atoms with Gasteiger partial charge in [0.1, 0.15) is 5.75 Å². The van der Waals surface area contributed by atoms with Gasteiger partial charge in [-0.15, -0.1) is 0 Å². The quantitative estimate of drug-likeness (QED) is 0.912. The SMILES string of the molecule is CCOc1cccc(C(=O)Nc2ccc(C)c(C)c2)c1. The highest BCUT2D eigenvalue weighted by atomic mass is 16.5. The first-order valence-electron chi connectivity index (χ1n) is 6.71. The van der Waals surface area contributed by atoms with Gasteiger partial charge in [-0.3, -0.25) is 4.79 Å². The Labute approximate surface area is 119 Å². The van der Waals surface area contributed by atoms with Gasteiger partial charge in [-0.05, 0) is 62.2 Å². The highest BCUT2D eigenvalue weighted by Crippen LogP contribution is 2.17. The first kappa shape index (κ1) is 14.1. The Morgan fingerprint density at radius 3 is 2.60 bits per heavy atom. The number of benzene rings is 2. The molecule has 0 saturated carbocycles. The zero-order valence-corrected chi connectivity index (χ0v) is 12.1. The average molecular weight is 269 g/mol. The van der Waals surface area contributed by atoms with Crippen LogP contribution in [-0.2, 0) is 0 Å². The van der Waals surface area contributed by atoms with E-state index in [4.69, 9.17) is 4.74 Å². The van der Waals surface area contributed by atoms with Gasteiger partial charge in [-0.2, -0.15) is 0 Å². The molecule has 1 amide bonds. The molecule has 0 unspecified atom stereocenters. The molecule has 2 aromatic carbocycles. The predicted molar refractivity (Wildman–Crippen MR) is 81.5 cm³/mol. The number of hydrogen-bond donors (Lipinski definition) is 1. The lowest BCUT2D eigenvalue weighted by Gasteiger charge is -2.09. The molecule has 0 aromatic heterocycles. The van der Waals surface area contributed by atoms with Crippen LogP contribution >= 0.6 is 0 Å². The summed E-state index contributed by atoms with van der Waals surface area (Å²) in [4.78, 5) is 12.2. The minimum absolute atomic E-state index is 0.130. The van der Waals surface area contributed by atoms with Crippen LogP contribution in [0.1, 0.15) is 28.4 Å². The van der Waals surface area contributed by atoms with E-state index in [1.807, 2.05) is 51.1 Å². The number of amides is 1. The van der Waals surface area contributed by atoms with Crippen LogP contribution in [0, 0.1) is 13.8 Å². The van der Waals surface area contributed by atoms with Crippen molar-refractivity contribution in [3.63, 3.8) is 0 Å². The van der Waals surface area contributed by atoms with Gasteiger partial charge in [0.05, 0.1) is 6.61 Å². The normalized spacial score (nSPS) is 10.2. The van der Waals surface area contributed by atoms with Crippen LogP contribution in [0.3, 0.4) is 0 Å². The first-order chi connectivity index (χ1) is 9.60. The Morgan fingerprint density at radius 2 is 1.90 bits per heavy atom. The van der Waals surface area contributed by atoms with Crippen molar-refractivity contribution in [1.29, 1.82) is 0 Å².